The van der Waals surface area contributed by atoms with Gasteiger partial charge in [0.25, 0.3) is 0 Å². The van der Waals surface area contributed by atoms with Crippen LogP contribution < -0.4 is 10.0 Å². The number of rotatable bonds is 9. The number of hydrogen-bond donors (Lipinski definition) is 3. The lowest BCUT2D eigenvalue weighted by Crippen LogP contribution is -2.28. The van der Waals surface area contributed by atoms with Gasteiger partial charge in [-0.3, -0.25) is 5.10 Å². The fourth-order valence-corrected chi connectivity index (χ4v) is 3.30. The molecular weight excluding hydrogens is 278 g/mol. The number of sulfonamides is 1. The van der Waals surface area contributed by atoms with E-state index in [0.29, 0.717) is 24.5 Å². The van der Waals surface area contributed by atoms with Crippen LogP contribution >= 0.6 is 0 Å². The molecule has 116 valence electrons. The molecule has 0 saturated heterocycles. The first-order chi connectivity index (χ1) is 9.38. The number of aryl methyl sites for hydroxylation is 1. The molecule has 3 N–H and O–H groups in total. The van der Waals surface area contributed by atoms with E-state index in [9.17, 15) is 8.42 Å². The van der Waals surface area contributed by atoms with Crippen molar-refractivity contribution in [2.45, 2.75) is 31.7 Å². The Morgan fingerprint density at radius 3 is 2.65 bits per heavy atom. The zero-order chi connectivity index (χ0) is 15.2. The summed E-state index contributed by atoms with van der Waals surface area (Å²) in [6.45, 7) is 6.16. The van der Waals surface area contributed by atoms with E-state index in [4.69, 9.17) is 0 Å². The third-order valence-electron chi connectivity index (χ3n) is 2.85. The molecule has 1 heterocycles. The Hall–Kier alpha value is -0.960. The van der Waals surface area contributed by atoms with Crippen LogP contribution in [0.25, 0.3) is 0 Å². The second-order valence-corrected chi connectivity index (χ2v) is 6.66. The van der Waals surface area contributed by atoms with Crippen molar-refractivity contribution in [3.8, 4) is 0 Å². The van der Waals surface area contributed by atoms with E-state index in [2.05, 4.69) is 20.2 Å². The monoisotopic (exact) mass is 303 g/mol. The molecule has 1 aromatic rings. The van der Waals surface area contributed by atoms with Crippen molar-refractivity contribution in [1.82, 2.24) is 25.1 Å². The van der Waals surface area contributed by atoms with E-state index in [1.807, 2.05) is 25.9 Å². The molecule has 0 unspecified atom stereocenters. The standard InChI is InChI=1S/C12H25N5O2S/c1-5-13-9-11-12(10(2)15-16-11)20(18,19)14-7-6-8-17(3)4/h13-14H,5-9H2,1-4H3,(H,15,16). The number of aromatic amines is 1. The molecule has 0 spiro atoms. The average Bonchev–Trinajstić information content (AvgIpc) is 2.74. The van der Waals surface area contributed by atoms with Gasteiger partial charge in [0.05, 0.1) is 11.4 Å². The summed E-state index contributed by atoms with van der Waals surface area (Å²) in [5.74, 6) is 0. The van der Waals surface area contributed by atoms with E-state index in [1.165, 1.54) is 0 Å². The van der Waals surface area contributed by atoms with Crippen molar-refractivity contribution in [3.05, 3.63) is 11.4 Å². The second kappa shape index (κ2) is 7.72. The summed E-state index contributed by atoms with van der Waals surface area (Å²) in [4.78, 5) is 2.29. The maximum absolute atomic E-state index is 12.3. The highest BCUT2D eigenvalue weighted by Gasteiger charge is 2.23. The maximum atomic E-state index is 12.3. The van der Waals surface area contributed by atoms with E-state index in [1.54, 1.807) is 6.92 Å². The number of nitrogens with one attached hydrogen (secondary N) is 3. The van der Waals surface area contributed by atoms with Crippen molar-refractivity contribution < 1.29 is 8.42 Å². The minimum Gasteiger partial charge on any atom is -0.311 e. The largest absolute Gasteiger partial charge is 0.311 e. The summed E-state index contributed by atoms with van der Waals surface area (Å²) in [5, 5.41) is 9.90. The number of H-pyrrole nitrogens is 1. The van der Waals surface area contributed by atoms with E-state index in [0.717, 1.165) is 19.5 Å². The summed E-state index contributed by atoms with van der Waals surface area (Å²) in [6, 6.07) is 0. The zero-order valence-corrected chi connectivity index (χ0v) is 13.5. The molecule has 0 aromatic carbocycles. The second-order valence-electron chi connectivity index (χ2n) is 4.96. The van der Waals surface area contributed by atoms with Crippen molar-refractivity contribution >= 4 is 10.0 Å². The van der Waals surface area contributed by atoms with Gasteiger partial charge in [-0.2, -0.15) is 5.10 Å². The molecule has 0 aliphatic rings. The van der Waals surface area contributed by atoms with Crippen molar-refractivity contribution in [1.29, 1.82) is 0 Å². The first-order valence-electron chi connectivity index (χ1n) is 6.77. The van der Waals surface area contributed by atoms with Crippen molar-refractivity contribution in [3.63, 3.8) is 0 Å². The van der Waals surface area contributed by atoms with Gasteiger partial charge in [-0.05, 0) is 40.5 Å². The van der Waals surface area contributed by atoms with Crippen LogP contribution in [0, 0.1) is 6.92 Å². The van der Waals surface area contributed by atoms with Gasteiger partial charge in [0, 0.05) is 13.1 Å². The molecule has 0 bridgehead atoms. The summed E-state index contributed by atoms with van der Waals surface area (Å²) in [6.07, 6.45) is 0.770. The SMILES string of the molecule is CCNCc1n[nH]c(C)c1S(=O)(=O)NCCCN(C)C. The Bertz CT molecular complexity index is 510. The molecule has 0 aliphatic carbocycles. The smallest absolute Gasteiger partial charge is 0.244 e. The molecule has 0 amide bonds. The van der Waals surface area contributed by atoms with Crippen LogP contribution in [0.3, 0.4) is 0 Å². The molecule has 1 rings (SSSR count). The predicted octanol–water partition coefficient (Wildman–Crippen LogP) is 0.0576. The van der Waals surface area contributed by atoms with E-state index in [-0.39, 0.29) is 4.90 Å². The number of hydrogen-bond acceptors (Lipinski definition) is 5. The Morgan fingerprint density at radius 2 is 2.05 bits per heavy atom. The van der Waals surface area contributed by atoms with E-state index < -0.39 is 10.0 Å². The molecule has 20 heavy (non-hydrogen) atoms. The molecule has 8 heteroatoms. The van der Waals surface area contributed by atoms with Gasteiger partial charge in [0.15, 0.2) is 0 Å². The van der Waals surface area contributed by atoms with Gasteiger partial charge < -0.3 is 10.2 Å². The Balaban J connectivity index is 2.73. The fourth-order valence-electron chi connectivity index (χ4n) is 1.86. The lowest BCUT2D eigenvalue weighted by Gasteiger charge is -2.11. The van der Waals surface area contributed by atoms with E-state index >= 15 is 0 Å². The highest BCUT2D eigenvalue weighted by Crippen LogP contribution is 2.17. The Morgan fingerprint density at radius 1 is 1.35 bits per heavy atom. The van der Waals surface area contributed by atoms with Crippen LogP contribution in [-0.4, -0.2) is 57.2 Å². The van der Waals surface area contributed by atoms with Gasteiger partial charge in [0.1, 0.15) is 4.90 Å². The van der Waals surface area contributed by atoms with Crippen LogP contribution in [0.4, 0.5) is 0 Å². The Kier molecular flexibility index (Phi) is 6.60. The van der Waals surface area contributed by atoms with Crippen LogP contribution in [0.15, 0.2) is 4.90 Å². The summed E-state index contributed by atoms with van der Waals surface area (Å²) < 4.78 is 27.3. The predicted molar refractivity (Wildman–Crippen MR) is 79.1 cm³/mol. The third-order valence-corrected chi connectivity index (χ3v) is 4.51. The third kappa shape index (κ3) is 4.86. The topological polar surface area (TPSA) is 90.1 Å². The Labute approximate surface area is 121 Å². The minimum absolute atomic E-state index is 0.267. The lowest BCUT2D eigenvalue weighted by atomic mass is 10.3. The van der Waals surface area contributed by atoms with Crippen molar-refractivity contribution in [2.24, 2.45) is 0 Å². The number of nitrogens with zero attached hydrogens (tertiary/aromatic N) is 2. The first kappa shape index (κ1) is 17.1. The molecule has 0 saturated carbocycles. The zero-order valence-electron chi connectivity index (χ0n) is 12.7. The van der Waals surface area contributed by atoms with Gasteiger partial charge in [-0.1, -0.05) is 6.92 Å². The highest BCUT2D eigenvalue weighted by molar-refractivity contribution is 7.89. The molecule has 1 aromatic heterocycles. The van der Waals surface area contributed by atoms with Gasteiger partial charge in [0.2, 0.25) is 10.0 Å². The highest BCUT2D eigenvalue weighted by atomic mass is 32.2. The van der Waals surface area contributed by atoms with Gasteiger partial charge >= 0.3 is 0 Å². The van der Waals surface area contributed by atoms with Crippen molar-refractivity contribution in [2.75, 3.05) is 33.7 Å². The molecule has 0 fully saturated rings. The minimum atomic E-state index is -3.51. The van der Waals surface area contributed by atoms with Crippen LogP contribution in [-0.2, 0) is 16.6 Å². The summed E-state index contributed by atoms with van der Waals surface area (Å²) >= 11 is 0. The van der Waals surface area contributed by atoms with Crippen LogP contribution in [0.5, 0.6) is 0 Å². The lowest BCUT2D eigenvalue weighted by molar-refractivity contribution is 0.400. The average molecular weight is 303 g/mol. The summed E-state index contributed by atoms with van der Waals surface area (Å²) in [5.41, 5.74) is 1.10. The van der Waals surface area contributed by atoms with Crippen LogP contribution in [0.2, 0.25) is 0 Å². The molecular formula is C12H25N5O2S. The summed E-state index contributed by atoms with van der Waals surface area (Å²) in [7, 11) is 0.414. The molecule has 0 atom stereocenters. The molecule has 0 radical (unpaired) electrons. The van der Waals surface area contributed by atoms with Crippen LogP contribution in [0.1, 0.15) is 24.7 Å². The molecule has 0 aliphatic heterocycles. The normalized spacial score (nSPS) is 12.2. The van der Waals surface area contributed by atoms with Gasteiger partial charge in [-0.15, -0.1) is 0 Å². The number of aromatic nitrogens is 2. The fraction of sp³-hybridized carbons (Fsp3) is 0.750. The first-order valence-corrected chi connectivity index (χ1v) is 8.25. The van der Waals surface area contributed by atoms with Gasteiger partial charge in [-0.25, -0.2) is 13.1 Å². The maximum Gasteiger partial charge on any atom is 0.244 e. The quantitative estimate of drug-likeness (QED) is 0.561. The molecule has 7 nitrogen and oxygen atoms in total.